The van der Waals surface area contributed by atoms with Crippen molar-refractivity contribution in [1.82, 2.24) is 14.8 Å². The van der Waals surface area contributed by atoms with Crippen LogP contribution >= 0.6 is 11.8 Å². The van der Waals surface area contributed by atoms with Crippen LogP contribution in [0, 0.1) is 6.92 Å². The molecule has 3 aromatic rings. The number of fused-ring (bicyclic) bond motifs is 1. The number of thioether (sulfide) groups is 1. The van der Waals surface area contributed by atoms with E-state index in [1.54, 1.807) is 16.4 Å². The zero-order valence-electron chi connectivity index (χ0n) is 24.2. The molecule has 1 aliphatic heterocycles. The number of hydrogen-bond acceptors (Lipinski definition) is 8. The molecule has 2 heterocycles. The van der Waals surface area contributed by atoms with Gasteiger partial charge in [0.05, 0.1) is 18.8 Å². The Balaban J connectivity index is 1.69. The first-order valence-electron chi connectivity index (χ1n) is 14.1. The van der Waals surface area contributed by atoms with Gasteiger partial charge in [-0.05, 0) is 56.9 Å². The van der Waals surface area contributed by atoms with Crippen LogP contribution in [0.2, 0.25) is 0 Å². The van der Waals surface area contributed by atoms with E-state index in [0.29, 0.717) is 53.7 Å². The molecule has 2 aromatic carbocycles. The third-order valence-corrected chi connectivity index (χ3v) is 7.54. The van der Waals surface area contributed by atoms with E-state index < -0.39 is 6.04 Å². The van der Waals surface area contributed by atoms with Crippen LogP contribution in [0.4, 0.5) is 5.95 Å². The summed E-state index contributed by atoms with van der Waals surface area (Å²) >= 11 is 1.62. The number of nitrogens with zero attached hydrogens (tertiary/aromatic N) is 3. The number of unbranched alkanes of at least 4 members (excludes halogenated alkanes) is 2. The predicted molar refractivity (Wildman–Crippen MR) is 159 cm³/mol. The van der Waals surface area contributed by atoms with Crippen molar-refractivity contribution in [1.29, 1.82) is 0 Å². The van der Waals surface area contributed by atoms with E-state index in [9.17, 15) is 4.79 Å². The Morgan fingerprint density at radius 1 is 1.00 bits per heavy atom. The smallest absolute Gasteiger partial charge is 0.338 e. The first-order chi connectivity index (χ1) is 19.4. The topological polar surface area (TPSA) is 87.5 Å². The maximum Gasteiger partial charge on any atom is 0.338 e. The zero-order valence-corrected chi connectivity index (χ0v) is 25.0. The quantitative estimate of drug-likeness (QED) is 0.126. The van der Waals surface area contributed by atoms with E-state index in [0.717, 1.165) is 42.6 Å². The summed E-state index contributed by atoms with van der Waals surface area (Å²) in [6.07, 6.45) is 3.94. The number of carbonyl (C=O) groups is 1. The second-order valence-electron chi connectivity index (χ2n) is 9.83. The average Bonchev–Trinajstić information content (AvgIpc) is 3.35. The van der Waals surface area contributed by atoms with Gasteiger partial charge in [0.25, 0.3) is 0 Å². The molecule has 1 unspecified atom stereocenters. The molecule has 214 valence electrons. The molecule has 40 heavy (non-hydrogen) atoms. The van der Waals surface area contributed by atoms with Gasteiger partial charge in [-0.25, -0.2) is 9.48 Å². The van der Waals surface area contributed by atoms with E-state index in [4.69, 9.17) is 24.3 Å². The van der Waals surface area contributed by atoms with Crippen LogP contribution in [0.15, 0.2) is 58.9 Å². The zero-order chi connectivity index (χ0) is 28.5. The molecule has 1 aliphatic rings. The Hall–Kier alpha value is -3.46. The summed E-state index contributed by atoms with van der Waals surface area (Å²) < 4.78 is 19.7. The molecule has 9 heteroatoms. The van der Waals surface area contributed by atoms with Crippen LogP contribution < -0.4 is 14.8 Å². The molecule has 0 aliphatic carbocycles. The number of hydrogen-bond donors (Lipinski definition) is 1. The summed E-state index contributed by atoms with van der Waals surface area (Å²) in [5, 5.41) is 8.78. The summed E-state index contributed by atoms with van der Waals surface area (Å²) in [4.78, 5) is 18.1. The summed E-state index contributed by atoms with van der Waals surface area (Å²) in [6, 6.07) is 13.5. The van der Waals surface area contributed by atoms with Crippen LogP contribution in [0.3, 0.4) is 0 Å². The fraction of sp³-hybridized carbons (Fsp3) is 0.452. The van der Waals surface area contributed by atoms with E-state index >= 15 is 0 Å². The van der Waals surface area contributed by atoms with Gasteiger partial charge in [-0.3, -0.25) is 0 Å². The molecule has 1 atom stereocenters. The highest BCUT2D eigenvalue weighted by atomic mass is 32.2. The van der Waals surface area contributed by atoms with Crippen LogP contribution in [-0.4, -0.2) is 39.7 Å². The van der Waals surface area contributed by atoms with Gasteiger partial charge < -0.3 is 19.5 Å². The number of carbonyl (C=O) groups excluding carboxylic acids is 1. The number of esters is 1. The van der Waals surface area contributed by atoms with Gasteiger partial charge >= 0.3 is 5.97 Å². The number of aromatic nitrogens is 3. The largest absolute Gasteiger partial charge is 0.490 e. The lowest BCUT2D eigenvalue weighted by Gasteiger charge is -2.28. The molecule has 1 aromatic heterocycles. The lowest BCUT2D eigenvalue weighted by molar-refractivity contribution is -0.139. The highest BCUT2D eigenvalue weighted by molar-refractivity contribution is 7.99. The van der Waals surface area contributed by atoms with Gasteiger partial charge in [-0.1, -0.05) is 74.3 Å². The molecule has 1 N–H and O–H groups in total. The summed E-state index contributed by atoms with van der Waals surface area (Å²) in [5.74, 6) is 2.43. The number of allylic oxidation sites excluding steroid dienone is 1. The van der Waals surface area contributed by atoms with Crippen molar-refractivity contribution in [3.8, 4) is 11.5 Å². The predicted octanol–water partition coefficient (Wildman–Crippen LogP) is 7.09. The lowest BCUT2D eigenvalue weighted by Crippen LogP contribution is -2.30. The van der Waals surface area contributed by atoms with Crippen LogP contribution in [0.25, 0.3) is 0 Å². The molecule has 0 spiro atoms. The van der Waals surface area contributed by atoms with E-state index in [2.05, 4.69) is 50.4 Å². The van der Waals surface area contributed by atoms with Crippen LogP contribution in [0.1, 0.15) is 76.1 Å². The fourth-order valence-corrected chi connectivity index (χ4v) is 5.30. The molecular formula is C31H40N4O4S. The first-order valence-corrected chi connectivity index (χ1v) is 15.1. The lowest BCUT2D eigenvalue weighted by atomic mass is 9.95. The Morgan fingerprint density at radius 2 is 1.77 bits per heavy atom. The van der Waals surface area contributed by atoms with E-state index in [1.807, 2.05) is 32.0 Å². The molecule has 0 bridgehead atoms. The highest BCUT2D eigenvalue weighted by Gasteiger charge is 2.35. The van der Waals surface area contributed by atoms with Crippen molar-refractivity contribution in [3.63, 3.8) is 0 Å². The summed E-state index contributed by atoms with van der Waals surface area (Å²) in [6.45, 7) is 11.4. The maximum atomic E-state index is 13.4. The Bertz CT molecular complexity index is 1320. The van der Waals surface area contributed by atoms with Gasteiger partial charge in [0.2, 0.25) is 11.1 Å². The van der Waals surface area contributed by atoms with E-state index in [1.165, 1.54) is 5.56 Å². The average molecular weight is 565 g/mol. The minimum atomic E-state index is -0.524. The second-order valence-corrected chi connectivity index (χ2v) is 10.9. The minimum absolute atomic E-state index is 0.359. The number of anilines is 1. The number of benzene rings is 2. The minimum Gasteiger partial charge on any atom is -0.490 e. The monoisotopic (exact) mass is 564 g/mol. The van der Waals surface area contributed by atoms with Gasteiger partial charge in [0.15, 0.2) is 11.5 Å². The fourth-order valence-electron chi connectivity index (χ4n) is 4.39. The van der Waals surface area contributed by atoms with Crippen molar-refractivity contribution in [2.45, 2.75) is 78.1 Å². The van der Waals surface area contributed by atoms with Crippen molar-refractivity contribution in [2.24, 2.45) is 0 Å². The van der Waals surface area contributed by atoms with Crippen LogP contribution in [0.5, 0.6) is 11.5 Å². The molecule has 8 nitrogen and oxygen atoms in total. The standard InChI is InChI=1S/C31H40N4O4S/c1-6-9-17-38-29(36)27-22(5)32-30-33-31(40-18-10-7-2)34-35(30)28(27)24-15-16-25(26(19-24)37-8-3)39-20-23-13-11-21(4)12-14-23/h11-16,19,28H,6-10,17-18,20H2,1-5H3,(H,32,33,34). The van der Waals surface area contributed by atoms with E-state index in [-0.39, 0.29) is 5.97 Å². The van der Waals surface area contributed by atoms with Crippen molar-refractivity contribution < 1.29 is 19.0 Å². The number of aryl methyl sites for hydroxylation is 1. The van der Waals surface area contributed by atoms with Crippen molar-refractivity contribution in [2.75, 3.05) is 24.3 Å². The third kappa shape index (κ3) is 7.18. The summed E-state index contributed by atoms with van der Waals surface area (Å²) in [5.41, 5.74) is 4.33. The molecule has 0 saturated heterocycles. The van der Waals surface area contributed by atoms with Gasteiger partial charge in [-0.2, -0.15) is 4.98 Å². The third-order valence-electron chi connectivity index (χ3n) is 6.61. The Labute approximate surface area is 241 Å². The molecule has 4 rings (SSSR count). The molecular weight excluding hydrogens is 524 g/mol. The van der Waals surface area contributed by atoms with Crippen molar-refractivity contribution >= 4 is 23.7 Å². The van der Waals surface area contributed by atoms with Gasteiger partial charge in [0, 0.05) is 11.4 Å². The second kappa shape index (κ2) is 14.3. The highest BCUT2D eigenvalue weighted by Crippen LogP contribution is 2.40. The molecule has 0 radical (unpaired) electrons. The molecule has 0 amide bonds. The number of rotatable bonds is 14. The number of ether oxygens (including phenoxy) is 3. The maximum absolute atomic E-state index is 13.4. The normalized spacial score (nSPS) is 14.5. The summed E-state index contributed by atoms with van der Waals surface area (Å²) in [7, 11) is 0. The molecule has 0 fully saturated rings. The number of nitrogens with one attached hydrogen (secondary N) is 1. The Kier molecular flexibility index (Phi) is 10.5. The van der Waals surface area contributed by atoms with Gasteiger partial charge in [-0.15, -0.1) is 5.10 Å². The van der Waals surface area contributed by atoms with Crippen LogP contribution in [-0.2, 0) is 16.1 Å². The first kappa shape index (κ1) is 29.5. The van der Waals surface area contributed by atoms with Crippen molar-refractivity contribution in [3.05, 3.63) is 70.4 Å². The Morgan fingerprint density at radius 3 is 2.50 bits per heavy atom. The SMILES string of the molecule is CCCCOC(=O)C1=C(C)Nc2nc(SCCCC)nn2C1c1ccc(OCc2ccc(C)cc2)c(OCC)c1. The molecule has 0 saturated carbocycles. The van der Waals surface area contributed by atoms with Gasteiger partial charge in [0.1, 0.15) is 12.6 Å².